The maximum absolute atomic E-state index is 12.2. The Morgan fingerprint density at radius 3 is 2.19 bits per heavy atom. The van der Waals surface area contributed by atoms with E-state index in [2.05, 4.69) is 5.32 Å². The van der Waals surface area contributed by atoms with Crippen LogP contribution in [0.15, 0.2) is 60.7 Å². The molecule has 0 aliphatic carbocycles. The Balaban J connectivity index is 1.89. The molecule has 1 unspecified atom stereocenters. The minimum Gasteiger partial charge on any atom is -0.464 e. The normalized spacial score (nSPS) is 11.3. The first kappa shape index (κ1) is 20.2. The lowest BCUT2D eigenvalue weighted by atomic mass is 10.1. The summed E-state index contributed by atoms with van der Waals surface area (Å²) in [5, 5.41) is 2.56. The maximum Gasteiger partial charge on any atom is 0.408 e. The number of aryl methyl sites for hydroxylation is 1. The molecule has 1 amide bonds. The van der Waals surface area contributed by atoms with E-state index in [-0.39, 0.29) is 19.6 Å². The van der Waals surface area contributed by atoms with Crippen LogP contribution < -0.4 is 5.32 Å². The minimum absolute atomic E-state index is 0.00901. The third-order valence-electron chi connectivity index (χ3n) is 3.83. The highest BCUT2D eigenvalue weighted by Gasteiger charge is 2.23. The van der Waals surface area contributed by atoms with Crippen LogP contribution >= 0.6 is 0 Å². The fraction of sp³-hybridized carbons (Fsp3) is 0.286. The monoisotopic (exact) mass is 369 g/mol. The highest BCUT2D eigenvalue weighted by Crippen LogP contribution is 2.08. The molecule has 0 saturated carbocycles. The molecule has 0 radical (unpaired) electrons. The zero-order valence-electron chi connectivity index (χ0n) is 15.0. The third kappa shape index (κ3) is 7.73. The Kier molecular flexibility index (Phi) is 8.56. The standard InChI is InChI=1S/C21H23NO5/c23-14-7-15-26-20(24)19(13-12-17-8-3-1-4-9-17)22-21(25)27-16-18-10-5-2-6-11-18/h1-6,8-11,14,19H,7,12-13,15-16H2,(H,22,25). The van der Waals surface area contributed by atoms with Gasteiger partial charge in [0.1, 0.15) is 18.9 Å². The molecular formula is C21H23NO5. The van der Waals surface area contributed by atoms with Crippen LogP contribution in [-0.4, -0.2) is 31.0 Å². The number of carbonyl (C=O) groups is 3. The predicted molar refractivity (Wildman–Crippen MR) is 100.0 cm³/mol. The molecule has 0 aliphatic rings. The summed E-state index contributed by atoms with van der Waals surface area (Å²) in [6, 6.07) is 18.0. The lowest BCUT2D eigenvalue weighted by Gasteiger charge is -2.17. The van der Waals surface area contributed by atoms with E-state index in [1.165, 1.54) is 0 Å². The molecule has 142 valence electrons. The first-order chi connectivity index (χ1) is 13.2. The topological polar surface area (TPSA) is 81.7 Å². The lowest BCUT2D eigenvalue weighted by Crippen LogP contribution is -2.42. The number of ether oxygens (including phenoxy) is 2. The van der Waals surface area contributed by atoms with Gasteiger partial charge < -0.3 is 19.6 Å². The summed E-state index contributed by atoms with van der Waals surface area (Å²) in [7, 11) is 0. The smallest absolute Gasteiger partial charge is 0.408 e. The fourth-order valence-electron chi connectivity index (χ4n) is 2.42. The van der Waals surface area contributed by atoms with Crippen molar-refractivity contribution in [1.82, 2.24) is 5.32 Å². The van der Waals surface area contributed by atoms with E-state index in [1.54, 1.807) is 0 Å². The van der Waals surface area contributed by atoms with Gasteiger partial charge in [0.25, 0.3) is 0 Å². The number of amides is 1. The van der Waals surface area contributed by atoms with Gasteiger partial charge in [-0.2, -0.15) is 0 Å². The van der Waals surface area contributed by atoms with Crippen molar-refractivity contribution in [2.75, 3.05) is 6.61 Å². The molecule has 0 aliphatic heterocycles. The van der Waals surface area contributed by atoms with E-state index in [9.17, 15) is 14.4 Å². The molecule has 1 atom stereocenters. The summed E-state index contributed by atoms with van der Waals surface area (Å²) >= 11 is 0. The van der Waals surface area contributed by atoms with Crippen LogP contribution in [0.4, 0.5) is 4.79 Å². The van der Waals surface area contributed by atoms with Crippen molar-refractivity contribution in [3.05, 3.63) is 71.8 Å². The van der Waals surface area contributed by atoms with Crippen LogP contribution in [0.3, 0.4) is 0 Å². The van der Waals surface area contributed by atoms with Crippen LogP contribution in [0.2, 0.25) is 0 Å². The Morgan fingerprint density at radius 2 is 1.56 bits per heavy atom. The summed E-state index contributed by atoms with van der Waals surface area (Å²) < 4.78 is 10.2. The van der Waals surface area contributed by atoms with E-state index < -0.39 is 18.1 Å². The molecule has 0 saturated heterocycles. The van der Waals surface area contributed by atoms with E-state index in [4.69, 9.17) is 9.47 Å². The number of esters is 1. The molecule has 2 aromatic rings. The average molecular weight is 369 g/mol. The zero-order chi connectivity index (χ0) is 19.3. The van der Waals surface area contributed by atoms with Crippen molar-refractivity contribution < 1.29 is 23.9 Å². The largest absolute Gasteiger partial charge is 0.464 e. The molecule has 2 aromatic carbocycles. The van der Waals surface area contributed by atoms with Crippen LogP contribution in [0.25, 0.3) is 0 Å². The van der Waals surface area contributed by atoms with Gasteiger partial charge in [0, 0.05) is 6.42 Å². The van der Waals surface area contributed by atoms with Gasteiger partial charge in [-0.25, -0.2) is 9.59 Å². The van der Waals surface area contributed by atoms with Crippen LogP contribution in [0, 0.1) is 0 Å². The van der Waals surface area contributed by atoms with E-state index in [1.807, 2.05) is 60.7 Å². The first-order valence-corrected chi connectivity index (χ1v) is 8.80. The lowest BCUT2D eigenvalue weighted by molar-refractivity contribution is -0.146. The van der Waals surface area contributed by atoms with Gasteiger partial charge in [0.05, 0.1) is 6.61 Å². The van der Waals surface area contributed by atoms with Crippen molar-refractivity contribution in [2.24, 2.45) is 0 Å². The maximum atomic E-state index is 12.2. The van der Waals surface area contributed by atoms with Gasteiger partial charge in [-0.05, 0) is 24.0 Å². The summed E-state index contributed by atoms with van der Waals surface area (Å²) in [6.07, 6.45) is 1.06. The van der Waals surface area contributed by atoms with Crippen molar-refractivity contribution in [2.45, 2.75) is 31.9 Å². The third-order valence-corrected chi connectivity index (χ3v) is 3.83. The molecule has 0 fully saturated rings. The zero-order valence-corrected chi connectivity index (χ0v) is 15.0. The minimum atomic E-state index is -0.847. The molecule has 0 bridgehead atoms. The molecule has 0 heterocycles. The van der Waals surface area contributed by atoms with Crippen molar-refractivity contribution in [1.29, 1.82) is 0 Å². The number of hydrogen-bond acceptors (Lipinski definition) is 5. The van der Waals surface area contributed by atoms with Crippen molar-refractivity contribution in [3.63, 3.8) is 0 Å². The van der Waals surface area contributed by atoms with Crippen molar-refractivity contribution >= 4 is 18.3 Å². The highest BCUT2D eigenvalue weighted by atomic mass is 16.6. The predicted octanol–water partition coefficient (Wildman–Crippen LogP) is 3.05. The number of hydrogen-bond donors (Lipinski definition) is 1. The van der Waals surface area contributed by atoms with Gasteiger partial charge >= 0.3 is 12.1 Å². The molecule has 27 heavy (non-hydrogen) atoms. The van der Waals surface area contributed by atoms with Crippen molar-refractivity contribution in [3.8, 4) is 0 Å². The number of nitrogens with one attached hydrogen (secondary N) is 1. The second-order valence-electron chi connectivity index (χ2n) is 5.91. The summed E-state index contributed by atoms with van der Waals surface area (Å²) in [5.74, 6) is -0.579. The first-order valence-electron chi connectivity index (χ1n) is 8.80. The number of benzene rings is 2. The average Bonchev–Trinajstić information content (AvgIpc) is 2.71. The van der Waals surface area contributed by atoms with Gasteiger partial charge in [-0.15, -0.1) is 0 Å². The second kappa shape index (κ2) is 11.5. The quantitative estimate of drug-likeness (QED) is 0.395. The molecular weight excluding hydrogens is 346 g/mol. The second-order valence-corrected chi connectivity index (χ2v) is 5.91. The number of rotatable bonds is 10. The Morgan fingerprint density at radius 1 is 0.926 bits per heavy atom. The summed E-state index contributed by atoms with van der Waals surface area (Å²) in [4.78, 5) is 34.7. The fourth-order valence-corrected chi connectivity index (χ4v) is 2.42. The number of aldehydes is 1. The summed E-state index contributed by atoms with van der Waals surface area (Å²) in [6.45, 7) is 0.100. The van der Waals surface area contributed by atoms with E-state index >= 15 is 0 Å². The Bertz CT molecular complexity index is 718. The number of carbonyl (C=O) groups excluding carboxylic acids is 3. The molecule has 0 spiro atoms. The number of alkyl carbamates (subject to hydrolysis) is 1. The van der Waals surface area contributed by atoms with Crippen LogP contribution in [-0.2, 0) is 32.1 Å². The molecule has 0 aromatic heterocycles. The Hall–Kier alpha value is -3.15. The molecule has 1 N–H and O–H groups in total. The van der Waals surface area contributed by atoms with Gasteiger partial charge in [0.15, 0.2) is 0 Å². The summed E-state index contributed by atoms with van der Waals surface area (Å²) in [5.41, 5.74) is 1.89. The van der Waals surface area contributed by atoms with Crippen LogP contribution in [0.5, 0.6) is 0 Å². The SMILES string of the molecule is O=CCCOC(=O)C(CCc1ccccc1)NC(=O)OCc1ccccc1. The van der Waals surface area contributed by atoms with Gasteiger partial charge in [-0.3, -0.25) is 0 Å². The van der Waals surface area contributed by atoms with Gasteiger partial charge in [-0.1, -0.05) is 60.7 Å². The molecule has 6 nitrogen and oxygen atoms in total. The van der Waals surface area contributed by atoms with E-state index in [0.717, 1.165) is 11.1 Å². The molecule has 2 rings (SSSR count). The molecule has 6 heteroatoms. The highest BCUT2D eigenvalue weighted by molar-refractivity contribution is 5.81. The Labute approximate surface area is 158 Å². The van der Waals surface area contributed by atoms with Gasteiger partial charge in [0.2, 0.25) is 0 Å². The van der Waals surface area contributed by atoms with Crippen LogP contribution in [0.1, 0.15) is 24.0 Å². The van der Waals surface area contributed by atoms with E-state index in [0.29, 0.717) is 19.1 Å².